The van der Waals surface area contributed by atoms with E-state index in [0.717, 1.165) is 43.0 Å². The van der Waals surface area contributed by atoms with Crippen LogP contribution in [0.3, 0.4) is 0 Å². The largest absolute Gasteiger partial charge is 0.486 e. The smallest absolute Gasteiger partial charge is 0.317 e. The Hall–Kier alpha value is -3.15. The lowest BCUT2D eigenvalue weighted by Crippen LogP contribution is -2.47. The molecule has 2 aromatic carbocycles. The van der Waals surface area contributed by atoms with E-state index >= 15 is 0 Å². The third kappa shape index (κ3) is 4.14. The van der Waals surface area contributed by atoms with Crippen molar-refractivity contribution in [1.82, 2.24) is 15.2 Å². The second-order valence-corrected chi connectivity index (χ2v) is 9.47. The maximum atomic E-state index is 12.9. The molecule has 0 radical (unpaired) electrons. The van der Waals surface area contributed by atoms with Crippen LogP contribution in [0.4, 0.5) is 4.79 Å². The summed E-state index contributed by atoms with van der Waals surface area (Å²) in [5, 5.41) is 4.41. The van der Waals surface area contributed by atoms with E-state index in [1.165, 1.54) is 16.6 Å². The molecule has 1 aromatic heterocycles. The molecule has 6 heteroatoms. The van der Waals surface area contributed by atoms with Crippen LogP contribution in [0.15, 0.2) is 48.5 Å². The van der Waals surface area contributed by atoms with Crippen LogP contribution in [-0.4, -0.2) is 48.8 Å². The van der Waals surface area contributed by atoms with E-state index in [-0.39, 0.29) is 11.4 Å². The highest BCUT2D eigenvalue weighted by Crippen LogP contribution is 2.35. The summed E-state index contributed by atoms with van der Waals surface area (Å²) < 4.78 is 11.3. The fraction of sp³-hybridized carbons (Fsp3) is 0.423. The number of nitrogens with one attached hydrogen (secondary N) is 2. The van der Waals surface area contributed by atoms with Gasteiger partial charge in [0.2, 0.25) is 0 Å². The summed E-state index contributed by atoms with van der Waals surface area (Å²) in [5.41, 5.74) is 3.38. The van der Waals surface area contributed by atoms with Crippen LogP contribution in [0.25, 0.3) is 10.9 Å². The molecule has 3 heterocycles. The Morgan fingerprint density at radius 3 is 2.59 bits per heavy atom. The van der Waals surface area contributed by atoms with Crippen LogP contribution >= 0.6 is 0 Å². The molecule has 0 saturated carbocycles. The Bertz CT molecular complexity index is 1080. The van der Waals surface area contributed by atoms with Gasteiger partial charge in [0.1, 0.15) is 13.2 Å². The van der Waals surface area contributed by atoms with Gasteiger partial charge in [-0.15, -0.1) is 0 Å². The van der Waals surface area contributed by atoms with E-state index in [0.29, 0.717) is 25.7 Å². The van der Waals surface area contributed by atoms with E-state index < -0.39 is 0 Å². The predicted molar refractivity (Wildman–Crippen MR) is 126 cm³/mol. The summed E-state index contributed by atoms with van der Waals surface area (Å²) in [6, 6.07) is 16.7. The molecule has 2 aliphatic heterocycles. The molecule has 0 spiro atoms. The first-order valence-electron chi connectivity index (χ1n) is 11.5. The number of aromatic amines is 1. The molecule has 0 unspecified atom stereocenters. The van der Waals surface area contributed by atoms with E-state index in [1.54, 1.807) is 0 Å². The topological polar surface area (TPSA) is 66.6 Å². The van der Waals surface area contributed by atoms with Gasteiger partial charge in [-0.05, 0) is 48.1 Å². The molecule has 2 amide bonds. The number of fused-ring (bicyclic) bond motifs is 2. The van der Waals surface area contributed by atoms with Crippen molar-refractivity contribution in [2.75, 3.05) is 32.8 Å². The minimum atomic E-state index is -0.214. The van der Waals surface area contributed by atoms with Crippen LogP contribution in [-0.2, 0) is 5.41 Å². The number of piperidine rings is 1. The average molecular weight is 434 g/mol. The third-order valence-corrected chi connectivity index (χ3v) is 6.78. The predicted octanol–water partition coefficient (Wildman–Crippen LogP) is 4.81. The van der Waals surface area contributed by atoms with Crippen LogP contribution in [0.1, 0.15) is 43.9 Å². The Morgan fingerprint density at radius 1 is 1.06 bits per heavy atom. The zero-order valence-corrected chi connectivity index (χ0v) is 18.8. The quantitative estimate of drug-likeness (QED) is 0.621. The molecule has 32 heavy (non-hydrogen) atoms. The lowest BCUT2D eigenvalue weighted by atomic mass is 9.84. The van der Waals surface area contributed by atoms with Crippen LogP contribution in [0.5, 0.6) is 11.5 Å². The van der Waals surface area contributed by atoms with Gasteiger partial charge in [-0.3, -0.25) is 0 Å². The van der Waals surface area contributed by atoms with Gasteiger partial charge in [0.15, 0.2) is 11.5 Å². The van der Waals surface area contributed by atoms with Crippen molar-refractivity contribution in [2.45, 2.75) is 38.0 Å². The van der Waals surface area contributed by atoms with Gasteiger partial charge in [-0.25, -0.2) is 4.79 Å². The summed E-state index contributed by atoms with van der Waals surface area (Å²) in [7, 11) is 0. The normalized spacial score (nSPS) is 16.9. The summed E-state index contributed by atoms with van der Waals surface area (Å²) in [6.07, 6.45) is 1.96. The van der Waals surface area contributed by atoms with Crippen molar-refractivity contribution in [3.63, 3.8) is 0 Å². The monoisotopic (exact) mass is 433 g/mol. The fourth-order valence-corrected chi connectivity index (χ4v) is 4.68. The Kier molecular flexibility index (Phi) is 5.45. The highest BCUT2D eigenvalue weighted by Gasteiger charge is 2.28. The Labute approximate surface area is 188 Å². The standard InChI is InChI=1S/C26H31N3O3/c1-26(2,20-7-8-23-24(16-20)32-14-13-31-23)17-27-25(30)29-11-9-18(10-12-29)22-15-19-5-3-4-6-21(19)28-22/h3-8,15-16,18,28H,9-14,17H2,1-2H3,(H,27,30). The number of para-hydroxylation sites is 1. The maximum absolute atomic E-state index is 12.9. The molecular weight excluding hydrogens is 402 g/mol. The van der Waals surface area contributed by atoms with Gasteiger partial charge in [-0.1, -0.05) is 38.1 Å². The number of rotatable bonds is 4. The molecule has 6 nitrogen and oxygen atoms in total. The number of ether oxygens (including phenoxy) is 2. The fourth-order valence-electron chi connectivity index (χ4n) is 4.68. The second kappa shape index (κ2) is 8.41. The number of hydrogen-bond acceptors (Lipinski definition) is 3. The first kappa shape index (κ1) is 20.7. The van der Waals surface area contributed by atoms with E-state index in [1.807, 2.05) is 17.0 Å². The van der Waals surface area contributed by atoms with Crippen molar-refractivity contribution < 1.29 is 14.3 Å². The Balaban J connectivity index is 1.16. The highest BCUT2D eigenvalue weighted by atomic mass is 16.6. The van der Waals surface area contributed by atoms with Crippen LogP contribution in [0.2, 0.25) is 0 Å². The van der Waals surface area contributed by atoms with Crippen molar-refractivity contribution in [2.24, 2.45) is 0 Å². The first-order valence-corrected chi connectivity index (χ1v) is 11.5. The maximum Gasteiger partial charge on any atom is 0.317 e. The number of benzene rings is 2. The third-order valence-electron chi connectivity index (χ3n) is 6.78. The first-order chi connectivity index (χ1) is 15.5. The number of aromatic nitrogens is 1. The minimum absolute atomic E-state index is 0.0192. The molecule has 5 rings (SSSR count). The highest BCUT2D eigenvalue weighted by molar-refractivity contribution is 5.80. The minimum Gasteiger partial charge on any atom is -0.486 e. The Morgan fingerprint density at radius 2 is 1.81 bits per heavy atom. The van der Waals surface area contributed by atoms with Crippen LogP contribution in [0, 0.1) is 0 Å². The summed E-state index contributed by atoms with van der Waals surface area (Å²) in [5.74, 6) is 2.05. The van der Waals surface area contributed by atoms with E-state index in [9.17, 15) is 4.79 Å². The summed E-state index contributed by atoms with van der Waals surface area (Å²) >= 11 is 0. The van der Waals surface area contributed by atoms with Crippen molar-refractivity contribution >= 4 is 16.9 Å². The lowest BCUT2D eigenvalue weighted by molar-refractivity contribution is 0.171. The van der Waals surface area contributed by atoms with Crippen molar-refractivity contribution in [1.29, 1.82) is 0 Å². The SMILES string of the molecule is CC(C)(CNC(=O)N1CCC(c2cc3ccccc3[nH]2)CC1)c1ccc2c(c1)OCCO2. The molecule has 1 fully saturated rings. The van der Waals surface area contributed by atoms with Gasteiger partial charge in [0.25, 0.3) is 0 Å². The molecule has 2 aliphatic rings. The lowest BCUT2D eigenvalue weighted by Gasteiger charge is -2.33. The number of urea groups is 1. The van der Waals surface area contributed by atoms with Crippen molar-refractivity contribution in [3.05, 3.63) is 59.8 Å². The number of amides is 2. The molecule has 0 bridgehead atoms. The molecule has 1 saturated heterocycles. The molecule has 3 aromatic rings. The summed E-state index contributed by atoms with van der Waals surface area (Å²) in [4.78, 5) is 18.4. The zero-order valence-electron chi connectivity index (χ0n) is 18.8. The molecule has 2 N–H and O–H groups in total. The number of carbonyl (C=O) groups excluding carboxylic acids is 1. The van der Waals surface area contributed by atoms with Crippen molar-refractivity contribution in [3.8, 4) is 11.5 Å². The molecule has 0 atom stereocenters. The number of nitrogens with zero attached hydrogens (tertiary/aromatic N) is 1. The molecule has 0 aliphatic carbocycles. The van der Waals surface area contributed by atoms with E-state index in [2.05, 4.69) is 60.5 Å². The van der Waals surface area contributed by atoms with Gasteiger partial charge < -0.3 is 24.7 Å². The zero-order chi connectivity index (χ0) is 22.1. The van der Waals surface area contributed by atoms with Gasteiger partial charge in [0.05, 0.1) is 0 Å². The van der Waals surface area contributed by atoms with Gasteiger partial charge >= 0.3 is 6.03 Å². The summed E-state index contributed by atoms with van der Waals surface area (Å²) in [6.45, 7) is 7.55. The van der Waals surface area contributed by atoms with Gasteiger partial charge in [0, 0.05) is 42.2 Å². The number of hydrogen-bond donors (Lipinski definition) is 2. The molecule has 168 valence electrons. The number of H-pyrrole nitrogens is 1. The van der Waals surface area contributed by atoms with E-state index in [4.69, 9.17) is 9.47 Å². The number of carbonyl (C=O) groups is 1. The molecular formula is C26H31N3O3. The van der Waals surface area contributed by atoms with Crippen LogP contribution < -0.4 is 14.8 Å². The van der Waals surface area contributed by atoms with Gasteiger partial charge in [-0.2, -0.15) is 0 Å². The average Bonchev–Trinajstić information content (AvgIpc) is 3.27. The number of likely N-dealkylation sites (tertiary alicyclic amines) is 1. The second-order valence-electron chi connectivity index (χ2n) is 9.47.